The van der Waals surface area contributed by atoms with E-state index in [0.717, 1.165) is 45.1 Å². The van der Waals surface area contributed by atoms with Crippen molar-refractivity contribution in [2.75, 3.05) is 6.54 Å². The fourth-order valence-corrected chi connectivity index (χ4v) is 1.96. The van der Waals surface area contributed by atoms with Crippen molar-refractivity contribution >= 4 is 11.9 Å². The van der Waals surface area contributed by atoms with Gasteiger partial charge in [0.2, 0.25) is 5.91 Å². The molecule has 2 N–H and O–H groups in total. The summed E-state index contributed by atoms with van der Waals surface area (Å²) in [5, 5.41) is 11.4. The molecule has 0 aliphatic heterocycles. The van der Waals surface area contributed by atoms with E-state index in [1.165, 1.54) is 19.3 Å². The predicted molar refractivity (Wildman–Crippen MR) is 77.1 cm³/mol. The summed E-state index contributed by atoms with van der Waals surface area (Å²) >= 11 is 0. The van der Waals surface area contributed by atoms with E-state index in [-0.39, 0.29) is 12.3 Å². The first-order chi connectivity index (χ1) is 9.16. The number of hydrogen-bond acceptors (Lipinski definition) is 2. The zero-order chi connectivity index (χ0) is 14.3. The molecule has 0 spiro atoms. The van der Waals surface area contributed by atoms with Crippen LogP contribution in [0.2, 0.25) is 0 Å². The van der Waals surface area contributed by atoms with Gasteiger partial charge in [-0.25, -0.2) is 0 Å². The molecular weight excluding hydrogens is 242 g/mol. The molecule has 0 bridgehead atoms. The number of amides is 1. The van der Waals surface area contributed by atoms with Crippen LogP contribution in [0.5, 0.6) is 0 Å². The molecule has 0 fully saturated rings. The molecule has 19 heavy (non-hydrogen) atoms. The molecule has 0 rings (SSSR count). The fraction of sp³-hybridized carbons (Fsp3) is 0.867. The molecule has 0 saturated carbocycles. The van der Waals surface area contributed by atoms with Gasteiger partial charge >= 0.3 is 5.97 Å². The maximum absolute atomic E-state index is 11.5. The minimum atomic E-state index is -0.720. The van der Waals surface area contributed by atoms with Crippen LogP contribution in [0.15, 0.2) is 0 Å². The molecule has 0 saturated heterocycles. The molecule has 0 aromatic heterocycles. The number of unbranched alkanes of at least 4 members (excludes halogenated alkanes) is 7. The number of carbonyl (C=O) groups is 2. The van der Waals surface area contributed by atoms with Gasteiger partial charge < -0.3 is 10.4 Å². The number of carbonyl (C=O) groups excluding carboxylic acids is 1. The normalized spacial score (nSPS) is 10.4. The van der Waals surface area contributed by atoms with Gasteiger partial charge in [-0.15, -0.1) is 0 Å². The molecule has 0 aromatic carbocycles. The Morgan fingerprint density at radius 3 is 2.05 bits per heavy atom. The van der Waals surface area contributed by atoms with E-state index >= 15 is 0 Å². The second-order valence-electron chi connectivity index (χ2n) is 5.07. The number of aliphatic carboxylic acids is 1. The average Bonchev–Trinajstić information content (AvgIpc) is 2.37. The van der Waals surface area contributed by atoms with Crippen molar-refractivity contribution in [3.63, 3.8) is 0 Å². The van der Waals surface area contributed by atoms with E-state index in [4.69, 9.17) is 5.11 Å². The van der Waals surface area contributed by atoms with Crippen LogP contribution < -0.4 is 5.32 Å². The Balaban J connectivity index is 3.18. The Morgan fingerprint density at radius 2 is 1.42 bits per heavy atom. The summed E-state index contributed by atoms with van der Waals surface area (Å²) in [6.45, 7) is 2.98. The lowest BCUT2D eigenvalue weighted by molar-refractivity contribution is -0.137. The lowest BCUT2D eigenvalue weighted by Gasteiger charge is -2.05. The van der Waals surface area contributed by atoms with Gasteiger partial charge in [0.05, 0.1) is 0 Å². The van der Waals surface area contributed by atoms with E-state index in [1.54, 1.807) is 0 Å². The van der Waals surface area contributed by atoms with Crippen molar-refractivity contribution in [1.82, 2.24) is 5.32 Å². The van der Waals surface area contributed by atoms with Gasteiger partial charge in [0, 0.05) is 19.4 Å². The first kappa shape index (κ1) is 17.9. The highest BCUT2D eigenvalue weighted by atomic mass is 16.4. The third-order valence-corrected chi connectivity index (χ3v) is 3.15. The van der Waals surface area contributed by atoms with Crippen molar-refractivity contribution in [3.8, 4) is 0 Å². The summed E-state index contributed by atoms with van der Waals surface area (Å²) in [4.78, 5) is 21.8. The molecule has 0 heterocycles. The summed E-state index contributed by atoms with van der Waals surface area (Å²) in [5.74, 6) is -0.565. The highest BCUT2D eigenvalue weighted by molar-refractivity contribution is 5.75. The largest absolute Gasteiger partial charge is 0.481 e. The van der Waals surface area contributed by atoms with Crippen LogP contribution in [-0.4, -0.2) is 23.5 Å². The number of hydrogen-bond donors (Lipinski definition) is 2. The Bertz CT molecular complexity index is 242. The Kier molecular flexibility index (Phi) is 12.6. The lowest BCUT2D eigenvalue weighted by atomic mass is 10.1. The van der Waals surface area contributed by atoms with Crippen LogP contribution in [0.4, 0.5) is 0 Å². The van der Waals surface area contributed by atoms with E-state index in [0.29, 0.717) is 6.42 Å². The van der Waals surface area contributed by atoms with Gasteiger partial charge in [-0.3, -0.25) is 9.59 Å². The van der Waals surface area contributed by atoms with Gasteiger partial charge in [0.1, 0.15) is 0 Å². The summed E-state index contributed by atoms with van der Waals surface area (Å²) in [6.07, 6.45) is 10.2. The average molecular weight is 271 g/mol. The highest BCUT2D eigenvalue weighted by Crippen LogP contribution is 2.07. The van der Waals surface area contributed by atoms with Crippen molar-refractivity contribution in [2.45, 2.75) is 77.6 Å². The second kappa shape index (κ2) is 13.4. The number of carboxylic acids is 1. The summed E-state index contributed by atoms with van der Waals surface area (Å²) in [6, 6.07) is 0. The summed E-state index contributed by atoms with van der Waals surface area (Å²) in [7, 11) is 0. The van der Waals surface area contributed by atoms with Gasteiger partial charge in [0.25, 0.3) is 0 Å². The van der Waals surface area contributed by atoms with Gasteiger partial charge in [-0.1, -0.05) is 45.4 Å². The van der Waals surface area contributed by atoms with Crippen LogP contribution in [0, 0.1) is 0 Å². The van der Waals surface area contributed by atoms with Gasteiger partial charge in [-0.2, -0.15) is 0 Å². The molecule has 0 atom stereocenters. The van der Waals surface area contributed by atoms with Crippen molar-refractivity contribution in [2.24, 2.45) is 0 Å². The third-order valence-electron chi connectivity index (χ3n) is 3.15. The van der Waals surface area contributed by atoms with Crippen LogP contribution in [0.1, 0.15) is 77.6 Å². The fourth-order valence-electron chi connectivity index (χ4n) is 1.96. The molecule has 0 aliphatic carbocycles. The molecular formula is C15H29NO3. The highest BCUT2D eigenvalue weighted by Gasteiger charge is 2.01. The van der Waals surface area contributed by atoms with Crippen molar-refractivity contribution < 1.29 is 14.7 Å². The smallest absolute Gasteiger partial charge is 0.303 e. The van der Waals surface area contributed by atoms with Gasteiger partial charge in [0.15, 0.2) is 0 Å². The van der Waals surface area contributed by atoms with Gasteiger partial charge in [-0.05, 0) is 19.3 Å². The zero-order valence-electron chi connectivity index (χ0n) is 12.2. The van der Waals surface area contributed by atoms with Crippen LogP contribution in [0.3, 0.4) is 0 Å². The van der Waals surface area contributed by atoms with Crippen LogP contribution >= 0.6 is 0 Å². The Labute approximate surface area is 117 Å². The minimum absolute atomic E-state index is 0.155. The standard InChI is InChI=1S/C15H29NO3/c1-2-3-4-10-13-16-14(17)11-8-6-5-7-9-12-15(18)19/h2-13H2,1H3,(H,16,17)(H,18,19). The quantitative estimate of drug-likeness (QED) is 0.504. The molecule has 0 aromatic rings. The van der Waals surface area contributed by atoms with E-state index in [9.17, 15) is 9.59 Å². The number of rotatable bonds is 13. The zero-order valence-corrected chi connectivity index (χ0v) is 12.2. The Morgan fingerprint density at radius 1 is 0.842 bits per heavy atom. The summed E-state index contributed by atoms with van der Waals surface area (Å²) in [5.41, 5.74) is 0. The van der Waals surface area contributed by atoms with E-state index < -0.39 is 5.97 Å². The predicted octanol–water partition coefficient (Wildman–Crippen LogP) is 3.50. The number of carboxylic acid groups (broad SMARTS) is 1. The first-order valence-corrected chi connectivity index (χ1v) is 7.65. The maximum atomic E-state index is 11.5. The van der Waals surface area contributed by atoms with E-state index in [2.05, 4.69) is 12.2 Å². The van der Waals surface area contributed by atoms with E-state index in [1.807, 2.05) is 0 Å². The first-order valence-electron chi connectivity index (χ1n) is 7.65. The number of nitrogens with one attached hydrogen (secondary N) is 1. The SMILES string of the molecule is CCCCCCNC(=O)CCCCCCCC(=O)O. The monoisotopic (exact) mass is 271 g/mol. The molecule has 4 nitrogen and oxygen atoms in total. The van der Waals surface area contributed by atoms with Crippen LogP contribution in [-0.2, 0) is 9.59 Å². The topological polar surface area (TPSA) is 66.4 Å². The molecule has 0 aliphatic rings. The molecule has 0 unspecified atom stereocenters. The molecule has 0 radical (unpaired) electrons. The van der Waals surface area contributed by atoms with Crippen molar-refractivity contribution in [1.29, 1.82) is 0 Å². The summed E-state index contributed by atoms with van der Waals surface area (Å²) < 4.78 is 0. The minimum Gasteiger partial charge on any atom is -0.481 e. The second-order valence-corrected chi connectivity index (χ2v) is 5.07. The van der Waals surface area contributed by atoms with Crippen LogP contribution in [0.25, 0.3) is 0 Å². The lowest BCUT2D eigenvalue weighted by Crippen LogP contribution is -2.23. The third kappa shape index (κ3) is 14.9. The Hall–Kier alpha value is -1.06. The maximum Gasteiger partial charge on any atom is 0.303 e. The molecule has 112 valence electrons. The van der Waals surface area contributed by atoms with Crippen molar-refractivity contribution in [3.05, 3.63) is 0 Å². The molecule has 4 heteroatoms. The molecule has 1 amide bonds.